The fourth-order valence-corrected chi connectivity index (χ4v) is 9.18. The number of piperidine rings is 1. The fourth-order valence-electron chi connectivity index (χ4n) is 8.87. The molecular formula is C47H70ClN5O14. The van der Waals surface area contributed by atoms with Crippen molar-refractivity contribution in [3.05, 3.63) is 46.5 Å². The standard InChI is InChI=1S/C47H70ClN5O14/c1-30-11-10-12-36(61-9)47(59)27-38(66-44(58)50-47)46(4)29-45(3,67-46)37(26-40(55)53(7)34-24-33(23-30)25-35(60-8)41(34)48)65-42(56)31(2)52(6)39(54)15-19-62-21-22-63-20-16-49-43(57)64-28-32-13-17-51(5)18-14-32/h10-12,24-25,31-32,36-38,59H,13-23,26-29H2,1-9H3,(H,49,57)(H,50,58)/b12-10+,30-11+/t31-,36-,37+,38+,45-,46+,47+/m1/s1. The largest absolute Gasteiger partial charge is 0.495 e. The van der Waals surface area contributed by atoms with Gasteiger partial charge in [-0.3, -0.25) is 14.9 Å². The van der Waals surface area contributed by atoms with Crippen molar-refractivity contribution in [2.75, 3.05) is 92.9 Å². The molecule has 0 spiro atoms. The Balaban J connectivity index is 1.20. The van der Waals surface area contributed by atoms with Crippen LogP contribution in [0.5, 0.6) is 5.75 Å². The molecule has 6 rings (SSSR count). The van der Waals surface area contributed by atoms with Gasteiger partial charge in [-0.1, -0.05) is 35.4 Å². The molecule has 3 saturated heterocycles. The number of carbonyl (C=O) groups excluding carboxylic acids is 5. The number of likely N-dealkylation sites (N-methyl/N-ethyl adjacent to an activating group) is 1. The number of halogens is 1. The van der Waals surface area contributed by atoms with Gasteiger partial charge in [0.1, 0.15) is 46.3 Å². The summed E-state index contributed by atoms with van der Waals surface area (Å²) in [6.45, 7) is 10.3. The minimum atomic E-state index is -1.88. The molecule has 3 fully saturated rings. The molecule has 1 aromatic rings. The van der Waals surface area contributed by atoms with Gasteiger partial charge in [0.05, 0.1) is 58.7 Å². The van der Waals surface area contributed by atoms with Gasteiger partial charge >= 0.3 is 18.2 Å². The van der Waals surface area contributed by atoms with E-state index in [2.05, 4.69) is 22.6 Å². The lowest BCUT2D eigenvalue weighted by molar-refractivity contribution is -0.328. The highest BCUT2D eigenvalue weighted by Crippen LogP contribution is 2.50. The van der Waals surface area contributed by atoms with Crippen molar-refractivity contribution in [3.8, 4) is 5.75 Å². The van der Waals surface area contributed by atoms with Gasteiger partial charge in [-0.2, -0.15) is 0 Å². The van der Waals surface area contributed by atoms with E-state index < -0.39 is 65.3 Å². The molecule has 20 heteroatoms. The minimum Gasteiger partial charge on any atom is -0.495 e. The first-order chi connectivity index (χ1) is 31.7. The predicted molar refractivity (Wildman–Crippen MR) is 247 cm³/mol. The van der Waals surface area contributed by atoms with Crippen LogP contribution in [0, 0.1) is 5.92 Å². The Morgan fingerprint density at radius 2 is 1.75 bits per heavy atom. The molecule has 5 heterocycles. The number of methoxy groups -OCH3 is 2. The average molecular weight is 965 g/mol. The Labute approximate surface area is 398 Å². The lowest BCUT2D eigenvalue weighted by Crippen LogP contribution is -2.72. The first-order valence-electron chi connectivity index (χ1n) is 22.8. The van der Waals surface area contributed by atoms with E-state index in [0.29, 0.717) is 30.4 Å². The first-order valence-corrected chi connectivity index (χ1v) is 23.2. The van der Waals surface area contributed by atoms with E-state index in [0.717, 1.165) is 37.1 Å². The van der Waals surface area contributed by atoms with Gasteiger partial charge in [0, 0.05) is 40.6 Å². The lowest BCUT2D eigenvalue weighted by Gasteiger charge is -2.59. The third-order valence-corrected chi connectivity index (χ3v) is 13.5. The predicted octanol–water partition coefficient (Wildman–Crippen LogP) is 4.15. The summed E-state index contributed by atoms with van der Waals surface area (Å²) in [5.74, 6) is -0.916. The van der Waals surface area contributed by atoms with E-state index in [1.54, 1.807) is 45.2 Å². The van der Waals surface area contributed by atoms with Crippen molar-refractivity contribution in [2.45, 2.75) is 114 Å². The van der Waals surface area contributed by atoms with E-state index in [-0.39, 0.29) is 69.6 Å². The maximum absolute atomic E-state index is 14.3. The average Bonchev–Trinajstić information content (AvgIpc) is 3.27. The van der Waals surface area contributed by atoms with Crippen LogP contribution in [0.25, 0.3) is 0 Å². The smallest absolute Gasteiger partial charge is 0.409 e. The molecule has 19 nitrogen and oxygen atoms in total. The zero-order valence-electron chi connectivity index (χ0n) is 40.4. The van der Waals surface area contributed by atoms with Gasteiger partial charge in [-0.15, -0.1) is 0 Å². The maximum atomic E-state index is 14.3. The second kappa shape index (κ2) is 23.7. The second-order valence-electron chi connectivity index (χ2n) is 18.4. The highest BCUT2D eigenvalue weighted by atomic mass is 35.5. The molecule has 5 aliphatic heterocycles. The van der Waals surface area contributed by atoms with Crippen LogP contribution in [-0.4, -0.2) is 174 Å². The third kappa shape index (κ3) is 14.0. The van der Waals surface area contributed by atoms with Gasteiger partial charge in [0.15, 0.2) is 5.72 Å². The summed E-state index contributed by atoms with van der Waals surface area (Å²) in [5, 5.41) is 17.2. The Hall–Kier alpha value is -4.50. The third-order valence-electron chi connectivity index (χ3n) is 13.1. The number of benzene rings is 1. The van der Waals surface area contributed by atoms with Crippen LogP contribution in [0.3, 0.4) is 0 Å². The van der Waals surface area contributed by atoms with Crippen molar-refractivity contribution >= 4 is 47.3 Å². The molecule has 5 aliphatic rings. The quantitative estimate of drug-likeness (QED) is 0.121. The zero-order chi connectivity index (χ0) is 49.1. The van der Waals surface area contributed by atoms with Crippen LogP contribution in [0.4, 0.5) is 15.3 Å². The number of anilines is 1. The number of esters is 1. The van der Waals surface area contributed by atoms with Crippen LogP contribution < -0.4 is 20.3 Å². The van der Waals surface area contributed by atoms with E-state index in [1.807, 2.05) is 13.0 Å². The summed E-state index contributed by atoms with van der Waals surface area (Å²) in [6, 6.07) is 2.48. The van der Waals surface area contributed by atoms with E-state index in [9.17, 15) is 29.1 Å². The number of ether oxygens (including phenoxy) is 8. The summed E-state index contributed by atoms with van der Waals surface area (Å²) in [7, 11) is 8.01. The second-order valence-corrected chi connectivity index (χ2v) is 18.8. The Bertz CT molecular complexity index is 1970. The first kappa shape index (κ1) is 53.5. The Morgan fingerprint density at radius 3 is 2.42 bits per heavy atom. The molecule has 7 atom stereocenters. The Morgan fingerprint density at radius 1 is 1.06 bits per heavy atom. The molecule has 1 aromatic carbocycles. The number of allylic oxidation sites excluding steroid dienone is 3. The van der Waals surface area contributed by atoms with E-state index in [1.165, 1.54) is 38.0 Å². The van der Waals surface area contributed by atoms with E-state index >= 15 is 0 Å². The van der Waals surface area contributed by atoms with E-state index in [4.69, 9.17) is 49.5 Å². The minimum absolute atomic E-state index is 0.0374. The normalized spacial score (nSPS) is 29.0. The molecule has 6 bridgehead atoms. The molecule has 3 N–H and O–H groups in total. The Kier molecular flexibility index (Phi) is 18.9. The van der Waals surface area contributed by atoms with Crippen molar-refractivity contribution in [3.63, 3.8) is 0 Å². The molecule has 0 aromatic heterocycles. The maximum Gasteiger partial charge on any atom is 0.409 e. The number of aliphatic hydroxyl groups is 1. The number of carbonyl (C=O) groups is 5. The van der Waals surface area contributed by atoms with Crippen LogP contribution in [0.1, 0.15) is 71.8 Å². The van der Waals surface area contributed by atoms with Crippen LogP contribution >= 0.6 is 11.6 Å². The van der Waals surface area contributed by atoms with Crippen molar-refractivity contribution in [1.29, 1.82) is 0 Å². The summed E-state index contributed by atoms with van der Waals surface area (Å²) in [5.41, 5.74) is -2.31. The lowest BCUT2D eigenvalue weighted by atomic mass is 9.72. The number of amides is 4. The van der Waals surface area contributed by atoms with Crippen molar-refractivity contribution < 1.29 is 67.0 Å². The number of nitrogens with zero attached hydrogens (tertiary/aromatic N) is 3. The molecular weight excluding hydrogens is 894 g/mol. The van der Waals surface area contributed by atoms with Gasteiger partial charge < -0.3 is 63.0 Å². The zero-order valence-corrected chi connectivity index (χ0v) is 41.1. The van der Waals surface area contributed by atoms with Crippen molar-refractivity contribution in [1.82, 2.24) is 20.4 Å². The topological polar surface area (TPSA) is 213 Å². The SMILES string of the molecule is COc1cc2cc(c1Cl)N(C)C(=O)C[C@H](OC(=O)[C@@H](C)N(C)C(=O)CCOCCOCCNC(=O)OCC1CCN(C)CC1)[C@@]1(C)C[C@](C)(O1)[C@@H]1C[C@@](O)(NC(=O)O1)[C@H](OC)/C=C/C=C(\C)C2. The summed E-state index contributed by atoms with van der Waals surface area (Å²) in [4.78, 5) is 71.3. The molecule has 0 unspecified atom stereocenters. The number of nitrogens with one attached hydrogen (secondary N) is 2. The number of fused-ring (bicyclic) bond motifs is 6. The number of likely N-dealkylation sites (tertiary alicyclic amines) is 1. The van der Waals surface area contributed by atoms with Gasteiger partial charge in [-0.05, 0) is 90.7 Å². The number of alkyl carbamates (subject to hydrolysis) is 2. The highest BCUT2D eigenvalue weighted by molar-refractivity contribution is 6.35. The monoisotopic (exact) mass is 963 g/mol. The summed E-state index contributed by atoms with van der Waals surface area (Å²) in [6.07, 6.45) is 2.76. The molecule has 0 radical (unpaired) electrons. The van der Waals surface area contributed by atoms with Crippen molar-refractivity contribution in [2.24, 2.45) is 5.92 Å². The molecule has 67 heavy (non-hydrogen) atoms. The summed E-state index contributed by atoms with van der Waals surface area (Å²) < 4.78 is 46.1. The van der Waals surface area contributed by atoms with Crippen LogP contribution in [-0.2, 0) is 54.0 Å². The number of hydrogen-bond acceptors (Lipinski definition) is 15. The summed E-state index contributed by atoms with van der Waals surface area (Å²) >= 11 is 6.80. The fraction of sp³-hybridized carbons (Fsp3) is 0.681. The molecule has 0 aliphatic carbocycles. The van der Waals surface area contributed by atoms with Gasteiger partial charge in [0.25, 0.3) is 0 Å². The number of rotatable bonds is 16. The molecule has 374 valence electrons. The van der Waals surface area contributed by atoms with Gasteiger partial charge in [-0.25, -0.2) is 14.4 Å². The van der Waals surface area contributed by atoms with Gasteiger partial charge in [0.2, 0.25) is 11.8 Å². The number of hydrogen-bond donors (Lipinski definition) is 3. The van der Waals surface area contributed by atoms with Crippen LogP contribution in [0.2, 0.25) is 5.02 Å². The molecule has 0 saturated carbocycles. The molecule has 4 amide bonds. The van der Waals surface area contributed by atoms with Crippen LogP contribution in [0.15, 0.2) is 35.9 Å². The highest BCUT2D eigenvalue weighted by Gasteiger charge is 2.63.